The first-order valence-corrected chi connectivity index (χ1v) is 5.26. The lowest BCUT2D eigenvalue weighted by molar-refractivity contribution is 0.619. The van der Waals surface area contributed by atoms with E-state index in [1.54, 1.807) is 0 Å². The van der Waals surface area contributed by atoms with Crippen molar-refractivity contribution in [3.63, 3.8) is 0 Å². The molecule has 0 aromatic heterocycles. The fraction of sp³-hybridized carbons (Fsp3) is 0.429. The van der Waals surface area contributed by atoms with Crippen molar-refractivity contribution in [2.24, 2.45) is 5.92 Å². The Balaban J connectivity index is 3.10. The van der Waals surface area contributed by atoms with E-state index in [9.17, 15) is 0 Å². The van der Waals surface area contributed by atoms with Crippen molar-refractivity contribution in [2.45, 2.75) is 33.6 Å². The van der Waals surface area contributed by atoms with Crippen LogP contribution in [-0.2, 0) is 0 Å². The van der Waals surface area contributed by atoms with Crippen molar-refractivity contribution in [1.82, 2.24) is 0 Å². The summed E-state index contributed by atoms with van der Waals surface area (Å²) in [6, 6.07) is 0. The highest BCUT2D eigenvalue weighted by molar-refractivity contribution is 5.48. The first kappa shape index (κ1) is 11.0. The van der Waals surface area contributed by atoms with Gasteiger partial charge in [-0.2, -0.15) is 0 Å². The lowest BCUT2D eigenvalue weighted by atomic mass is 9.95. The van der Waals surface area contributed by atoms with E-state index in [1.807, 2.05) is 6.08 Å². The molecule has 0 nitrogen and oxygen atoms in total. The Morgan fingerprint density at radius 1 is 1.36 bits per heavy atom. The van der Waals surface area contributed by atoms with Gasteiger partial charge in [0.2, 0.25) is 0 Å². The molecule has 1 aliphatic carbocycles. The van der Waals surface area contributed by atoms with E-state index in [1.165, 1.54) is 28.7 Å². The van der Waals surface area contributed by atoms with Gasteiger partial charge < -0.3 is 0 Å². The topological polar surface area (TPSA) is 0 Å². The Hall–Kier alpha value is -1.04. The van der Waals surface area contributed by atoms with E-state index in [4.69, 9.17) is 0 Å². The molecule has 0 saturated carbocycles. The predicted molar refractivity (Wildman–Crippen MR) is 64.2 cm³/mol. The Bertz CT molecular complexity index is 313. The van der Waals surface area contributed by atoms with Crippen molar-refractivity contribution >= 4 is 0 Å². The van der Waals surface area contributed by atoms with Crippen molar-refractivity contribution in [3.8, 4) is 0 Å². The summed E-state index contributed by atoms with van der Waals surface area (Å²) in [6.07, 6.45) is 6.30. The largest absolute Gasteiger partial charge is 0.0991 e. The predicted octanol–water partition coefficient (Wildman–Crippen LogP) is 4.42. The molecule has 0 fully saturated rings. The average molecular weight is 188 g/mol. The van der Waals surface area contributed by atoms with Crippen LogP contribution in [0.2, 0.25) is 0 Å². The third kappa shape index (κ3) is 2.06. The molecule has 0 heterocycles. The van der Waals surface area contributed by atoms with Crippen LogP contribution in [0, 0.1) is 5.92 Å². The number of hydrogen-bond donors (Lipinski definition) is 0. The molecule has 1 aliphatic rings. The van der Waals surface area contributed by atoms with Crippen molar-refractivity contribution < 1.29 is 0 Å². The highest BCUT2D eigenvalue weighted by Gasteiger charge is 2.16. The maximum atomic E-state index is 4.17. The van der Waals surface area contributed by atoms with Crippen LogP contribution in [-0.4, -0.2) is 0 Å². The molecule has 0 aliphatic heterocycles. The van der Waals surface area contributed by atoms with Gasteiger partial charge in [-0.3, -0.25) is 0 Å². The highest BCUT2D eigenvalue weighted by atomic mass is 14.2. The zero-order chi connectivity index (χ0) is 10.7. The van der Waals surface area contributed by atoms with Gasteiger partial charge in [0.15, 0.2) is 0 Å². The minimum Gasteiger partial charge on any atom is -0.0991 e. The van der Waals surface area contributed by atoms with Crippen molar-refractivity contribution in [3.05, 3.63) is 47.6 Å². The fourth-order valence-corrected chi connectivity index (χ4v) is 1.91. The van der Waals surface area contributed by atoms with Gasteiger partial charge in [-0.25, -0.2) is 0 Å². The summed E-state index contributed by atoms with van der Waals surface area (Å²) in [5, 5.41) is 0. The smallest absolute Gasteiger partial charge is 0.0225 e. The van der Waals surface area contributed by atoms with Crippen LogP contribution >= 0.6 is 0 Å². The van der Waals surface area contributed by atoms with Crippen molar-refractivity contribution in [1.29, 1.82) is 0 Å². The molecule has 0 amide bonds. The fourth-order valence-electron chi connectivity index (χ4n) is 1.91. The maximum Gasteiger partial charge on any atom is -0.0225 e. The molecule has 0 saturated heterocycles. The van der Waals surface area contributed by atoms with Crippen LogP contribution in [0.25, 0.3) is 0 Å². The first-order valence-electron chi connectivity index (χ1n) is 5.26. The van der Waals surface area contributed by atoms with Crippen LogP contribution in [0.4, 0.5) is 0 Å². The molecule has 0 bridgehead atoms. The summed E-state index contributed by atoms with van der Waals surface area (Å²) >= 11 is 0. The molecule has 0 radical (unpaired) electrons. The van der Waals surface area contributed by atoms with E-state index in [0.717, 1.165) is 6.42 Å². The summed E-state index contributed by atoms with van der Waals surface area (Å²) in [5.74, 6) is 0.683. The van der Waals surface area contributed by atoms with Gasteiger partial charge >= 0.3 is 0 Å². The van der Waals surface area contributed by atoms with Gasteiger partial charge in [0.1, 0.15) is 0 Å². The quantitative estimate of drug-likeness (QED) is 0.571. The summed E-state index contributed by atoms with van der Waals surface area (Å²) in [4.78, 5) is 0. The van der Waals surface area contributed by atoms with Crippen molar-refractivity contribution in [2.75, 3.05) is 0 Å². The molecular formula is C14H20. The van der Waals surface area contributed by atoms with E-state index in [2.05, 4.69) is 40.0 Å². The second-order valence-electron chi connectivity index (χ2n) is 4.15. The van der Waals surface area contributed by atoms with Crippen LogP contribution in [0.15, 0.2) is 47.6 Å². The standard InChI is InChI=1S/C14H20/c1-6-7-14-9-8-10(2)11(3)12(4)13(14)5/h6-7,10H,1,5,8-9H2,2-4H3/b14-7-. The van der Waals surface area contributed by atoms with E-state index in [-0.39, 0.29) is 0 Å². The molecule has 0 N–H and O–H groups in total. The lowest BCUT2D eigenvalue weighted by Crippen LogP contribution is -1.95. The van der Waals surface area contributed by atoms with Crippen LogP contribution < -0.4 is 0 Å². The van der Waals surface area contributed by atoms with Crippen LogP contribution in [0.5, 0.6) is 0 Å². The molecular weight excluding hydrogens is 168 g/mol. The lowest BCUT2D eigenvalue weighted by Gasteiger charge is -2.10. The summed E-state index contributed by atoms with van der Waals surface area (Å²) < 4.78 is 0. The Morgan fingerprint density at radius 2 is 2.00 bits per heavy atom. The van der Waals surface area contributed by atoms with E-state index < -0.39 is 0 Å². The Kier molecular flexibility index (Phi) is 3.51. The number of allylic oxidation sites excluding steroid dienone is 6. The third-order valence-corrected chi connectivity index (χ3v) is 3.34. The monoisotopic (exact) mass is 188 g/mol. The van der Waals surface area contributed by atoms with Gasteiger partial charge in [0, 0.05) is 0 Å². The normalized spacial score (nSPS) is 26.6. The Morgan fingerprint density at radius 3 is 2.57 bits per heavy atom. The molecule has 0 aromatic rings. The second-order valence-corrected chi connectivity index (χ2v) is 4.15. The minimum atomic E-state index is 0.683. The van der Waals surface area contributed by atoms with Gasteiger partial charge in [-0.05, 0) is 49.3 Å². The van der Waals surface area contributed by atoms with Gasteiger partial charge in [-0.15, -0.1) is 0 Å². The van der Waals surface area contributed by atoms with Crippen LogP contribution in [0.1, 0.15) is 33.6 Å². The summed E-state index contributed by atoms with van der Waals surface area (Å²) in [7, 11) is 0. The number of hydrogen-bond acceptors (Lipinski definition) is 0. The van der Waals surface area contributed by atoms with Gasteiger partial charge in [0.05, 0.1) is 0 Å². The molecule has 1 atom stereocenters. The minimum absolute atomic E-state index is 0.683. The molecule has 0 aromatic carbocycles. The maximum absolute atomic E-state index is 4.17. The summed E-state index contributed by atoms with van der Waals surface area (Å²) in [6.45, 7) is 14.6. The van der Waals surface area contributed by atoms with E-state index in [0.29, 0.717) is 5.92 Å². The zero-order valence-corrected chi connectivity index (χ0v) is 9.56. The second kappa shape index (κ2) is 4.45. The first-order chi connectivity index (χ1) is 6.57. The molecule has 0 spiro atoms. The zero-order valence-electron chi connectivity index (χ0n) is 9.56. The third-order valence-electron chi connectivity index (χ3n) is 3.34. The molecule has 1 rings (SSSR count). The molecule has 0 heteroatoms. The van der Waals surface area contributed by atoms with Gasteiger partial charge in [0.25, 0.3) is 0 Å². The van der Waals surface area contributed by atoms with Crippen LogP contribution in [0.3, 0.4) is 0 Å². The molecule has 1 unspecified atom stereocenters. The SMILES string of the molecule is C=C/C=C1/CCC(C)C(C)=C(C)C1=C. The molecule has 76 valence electrons. The summed E-state index contributed by atoms with van der Waals surface area (Å²) in [5.41, 5.74) is 5.40. The molecule has 14 heavy (non-hydrogen) atoms. The van der Waals surface area contributed by atoms with Gasteiger partial charge in [-0.1, -0.05) is 37.8 Å². The van der Waals surface area contributed by atoms with E-state index >= 15 is 0 Å². The number of rotatable bonds is 1. The Labute approximate surface area is 87.7 Å². The highest BCUT2D eigenvalue weighted by Crippen LogP contribution is 2.33. The average Bonchev–Trinajstić information content (AvgIpc) is 2.26.